The van der Waals surface area contributed by atoms with Crippen LogP contribution in [0.2, 0.25) is 0 Å². The number of methoxy groups -OCH3 is 1. The average molecular weight is 552 g/mol. The smallest absolute Gasteiger partial charge is 0.329 e. The van der Waals surface area contributed by atoms with Crippen LogP contribution >= 0.6 is 15.9 Å². The highest BCUT2D eigenvalue weighted by Crippen LogP contribution is 2.35. The van der Waals surface area contributed by atoms with Gasteiger partial charge in [0.2, 0.25) is 0 Å². The lowest BCUT2D eigenvalue weighted by Crippen LogP contribution is -2.30. The predicted octanol–water partition coefficient (Wildman–Crippen LogP) is 5.35. The van der Waals surface area contributed by atoms with Crippen molar-refractivity contribution in [1.29, 1.82) is 0 Å². The fourth-order valence-electron chi connectivity index (χ4n) is 3.72. The molecule has 4 rings (SSSR count). The van der Waals surface area contributed by atoms with Gasteiger partial charge in [0.25, 0.3) is 11.6 Å². The third-order valence-electron chi connectivity index (χ3n) is 5.48. The van der Waals surface area contributed by atoms with E-state index in [0.717, 1.165) is 16.0 Å². The number of benzene rings is 3. The molecule has 184 valence electrons. The number of nitrogens with one attached hydrogen (secondary N) is 1. The summed E-state index contributed by atoms with van der Waals surface area (Å²) in [5.41, 5.74) is 3.23. The summed E-state index contributed by atoms with van der Waals surface area (Å²) in [4.78, 5) is 37.1. The standard InChI is InChI=1S/C26H22BrN3O6/c1-16-5-3-6-17(9-16)14-29-25(31)22(28-26(29)32)11-19-12-23(35-2)24(13-21(19)27)36-15-18-7-4-8-20(10-18)30(33)34/h3-13H,14-15H2,1-2H3,(H,28,32)/b22-11+. The molecule has 0 bridgehead atoms. The molecule has 0 saturated carbocycles. The molecule has 1 aliphatic heterocycles. The Morgan fingerprint density at radius 1 is 1.06 bits per heavy atom. The lowest BCUT2D eigenvalue weighted by Gasteiger charge is -2.13. The topological polar surface area (TPSA) is 111 Å². The Labute approximate surface area is 215 Å². The van der Waals surface area contributed by atoms with Gasteiger partial charge in [0.05, 0.1) is 18.6 Å². The van der Waals surface area contributed by atoms with Crippen molar-refractivity contribution in [3.8, 4) is 11.5 Å². The molecule has 3 amide bonds. The van der Waals surface area contributed by atoms with Crippen molar-refractivity contribution in [2.45, 2.75) is 20.1 Å². The van der Waals surface area contributed by atoms with Gasteiger partial charge in [-0.25, -0.2) is 4.79 Å². The van der Waals surface area contributed by atoms with Gasteiger partial charge in [0, 0.05) is 16.6 Å². The van der Waals surface area contributed by atoms with Crippen LogP contribution in [0.3, 0.4) is 0 Å². The minimum atomic E-state index is -0.493. The molecule has 36 heavy (non-hydrogen) atoms. The lowest BCUT2D eigenvalue weighted by molar-refractivity contribution is -0.384. The van der Waals surface area contributed by atoms with Gasteiger partial charge in [-0.05, 0) is 41.8 Å². The number of imide groups is 1. The first-order chi connectivity index (χ1) is 17.2. The molecule has 1 fully saturated rings. The summed E-state index contributed by atoms with van der Waals surface area (Å²) >= 11 is 3.48. The quantitative estimate of drug-likeness (QED) is 0.175. The minimum absolute atomic E-state index is 0.0223. The van der Waals surface area contributed by atoms with Crippen molar-refractivity contribution in [3.63, 3.8) is 0 Å². The molecule has 0 spiro atoms. The number of carbonyl (C=O) groups is 2. The van der Waals surface area contributed by atoms with Crippen LogP contribution in [0.5, 0.6) is 11.5 Å². The number of halogens is 1. The summed E-state index contributed by atoms with van der Waals surface area (Å²) in [5, 5.41) is 13.6. The fraction of sp³-hybridized carbons (Fsp3) is 0.154. The van der Waals surface area contributed by atoms with Gasteiger partial charge in [0.1, 0.15) is 12.3 Å². The van der Waals surface area contributed by atoms with E-state index in [4.69, 9.17) is 9.47 Å². The van der Waals surface area contributed by atoms with Gasteiger partial charge >= 0.3 is 6.03 Å². The van der Waals surface area contributed by atoms with Crippen molar-refractivity contribution in [2.24, 2.45) is 0 Å². The first-order valence-corrected chi connectivity index (χ1v) is 11.7. The number of non-ortho nitro benzene ring substituents is 1. The van der Waals surface area contributed by atoms with E-state index in [1.54, 1.807) is 30.3 Å². The largest absolute Gasteiger partial charge is 0.493 e. The van der Waals surface area contributed by atoms with Crippen LogP contribution < -0.4 is 14.8 Å². The van der Waals surface area contributed by atoms with Crippen LogP contribution in [0, 0.1) is 17.0 Å². The molecule has 0 aliphatic carbocycles. The predicted molar refractivity (Wildman–Crippen MR) is 136 cm³/mol. The summed E-state index contributed by atoms with van der Waals surface area (Å²) in [6.45, 7) is 2.20. The van der Waals surface area contributed by atoms with Crippen LogP contribution in [0.1, 0.15) is 22.3 Å². The summed E-state index contributed by atoms with van der Waals surface area (Å²) in [7, 11) is 1.48. The summed E-state index contributed by atoms with van der Waals surface area (Å²) in [6.07, 6.45) is 1.56. The Morgan fingerprint density at radius 2 is 1.81 bits per heavy atom. The molecule has 0 unspecified atom stereocenters. The number of carbonyl (C=O) groups excluding carboxylic acids is 2. The number of aryl methyl sites for hydroxylation is 1. The second-order valence-electron chi connectivity index (χ2n) is 8.11. The molecular weight excluding hydrogens is 530 g/mol. The number of urea groups is 1. The van der Waals surface area contributed by atoms with Crippen molar-refractivity contribution in [1.82, 2.24) is 10.2 Å². The molecule has 3 aromatic rings. The zero-order valence-electron chi connectivity index (χ0n) is 19.5. The lowest BCUT2D eigenvalue weighted by atomic mass is 10.1. The molecule has 1 aliphatic rings. The zero-order valence-corrected chi connectivity index (χ0v) is 21.1. The van der Waals surface area contributed by atoms with Gasteiger partial charge < -0.3 is 14.8 Å². The molecule has 0 atom stereocenters. The molecule has 9 nitrogen and oxygen atoms in total. The highest BCUT2D eigenvalue weighted by atomic mass is 79.9. The molecule has 3 aromatic carbocycles. The number of nitro benzene ring substituents is 1. The third-order valence-corrected chi connectivity index (χ3v) is 6.17. The second kappa shape index (κ2) is 10.6. The molecule has 1 N–H and O–H groups in total. The van der Waals surface area contributed by atoms with E-state index in [-0.39, 0.29) is 24.5 Å². The van der Waals surface area contributed by atoms with Crippen LogP contribution in [0.4, 0.5) is 10.5 Å². The van der Waals surface area contributed by atoms with Crippen molar-refractivity contribution >= 4 is 39.6 Å². The number of nitro groups is 1. The monoisotopic (exact) mass is 551 g/mol. The maximum absolute atomic E-state index is 12.9. The Morgan fingerprint density at radius 3 is 2.53 bits per heavy atom. The van der Waals surface area contributed by atoms with Gasteiger partial charge in [-0.2, -0.15) is 0 Å². The van der Waals surface area contributed by atoms with Crippen molar-refractivity contribution < 1.29 is 24.0 Å². The third kappa shape index (κ3) is 5.55. The number of amides is 3. The van der Waals surface area contributed by atoms with Crippen LogP contribution in [0.25, 0.3) is 6.08 Å². The highest BCUT2D eigenvalue weighted by molar-refractivity contribution is 9.10. The molecule has 10 heteroatoms. The fourth-order valence-corrected chi connectivity index (χ4v) is 4.16. The van der Waals surface area contributed by atoms with E-state index in [2.05, 4.69) is 21.2 Å². The number of hydrogen-bond acceptors (Lipinski definition) is 6. The van der Waals surface area contributed by atoms with Crippen LogP contribution in [0.15, 0.2) is 70.8 Å². The number of ether oxygens (including phenoxy) is 2. The number of hydrogen-bond donors (Lipinski definition) is 1. The van der Waals surface area contributed by atoms with Gasteiger partial charge in [0.15, 0.2) is 11.5 Å². The first kappa shape index (κ1) is 24.9. The van der Waals surface area contributed by atoms with E-state index in [1.807, 2.05) is 31.2 Å². The van der Waals surface area contributed by atoms with Crippen LogP contribution in [-0.4, -0.2) is 28.9 Å². The highest BCUT2D eigenvalue weighted by Gasteiger charge is 2.33. The zero-order chi connectivity index (χ0) is 25.8. The van der Waals surface area contributed by atoms with E-state index in [0.29, 0.717) is 27.1 Å². The summed E-state index contributed by atoms with van der Waals surface area (Å²) < 4.78 is 11.9. The minimum Gasteiger partial charge on any atom is -0.493 e. The van der Waals surface area contributed by atoms with Crippen molar-refractivity contribution in [2.75, 3.05) is 7.11 Å². The maximum atomic E-state index is 12.9. The first-order valence-electron chi connectivity index (χ1n) is 10.9. The van der Waals surface area contributed by atoms with E-state index in [1.165, 1.54) is 19.2 Å². The summed E-state index contributed by atoms with van der Waals surface area (Å²) in [5.74, 6) is 0.364. The molecule has 0 radical (unpaired) electrons. The van der Waals surface area contributed by atoms with Gasteiger partial charge in [-0.1, -0.05) is 57.9 Å². The molecule has 1 saturated heterocycles. The molecule has 1 heterocycles. The second-order valence-corrected chi connectivity index (χ2v) is 8.96. The van der Waals surface area contributed by atoms with Gasteiger partial charge in [-0.3, -0.25) is 19.8 Å². The van der Waals surface area contributed by atoms with Crippen molar-refractivity contribution in [3.05, 3.63) is 103 Å². The Balaban J connectivity index is 1.53. The van der Waals surface area contributed by atoms with Gasteiger partial charge in [-0.15, -0.1) is 0 Å². The normalized spacial score (nSPS) is 14.2. The Kier molecular flexibility index (Phi) is 7.35. The maximum Gasteiger partial charge on any atom is 0.329 e. The van der Waals surface area contributed by atoms with E-state index >= 15 is 0 Å². The Bertz CT molecular complexity index is 1390. The van der Waals surface area contributed by atoms with E-state index < -0.39 is 16.9 Å². The Hall–Kier alpha value is -4.18. The van der Waals surface area contributed by atoms with Crippen LogP contribution in [-0.2, 0) is 17.9 Å². The average Bonchev–Trinajstić information content (AvgIpc) is 3.11. The number of nitrogens with zero attached hydrogens (tertiary/aromatic N) is 2. The van der Waals surface area contributed by atoms with E-state index in [9.17, 15) is 19.7 Å². The summed E-state index contributed by atoms with van der Waals surface area (Å²) in [6, 6.07) is 16.6. The molecular formula is C26H22BrN3O6. The SMILES string of the molecule is COc1cc(/C=C2/NC(=O)N(Cc3cccc(C)c3)C2=O)c(Br)cc1OCc1cccc([N+](=O)[O-])c1. The number of rotatable bonds is 8. The molecule has 0 aromatic heterocycles.